The van der Waals surface area contributed by atoms with Crippen LogP contribution in [0.4, 0.5) is 0 Å². The quantitative estimate of drug-likeness (QED) is 0.650. The second-order valence-corrected chi connectivity index (χ2v) is 9.77. The summed E-state index contributed by atoms with van der Waals surface area (Å²) in [6, 6.07) is 13.4. The van der Waals surface area contributed by atoms with Crippen LogP contribution >= 0.6 is 0 Å². The zero-order valence-corrected chi connectivity index (χ0v) is 19.3. The summed E-state index contributed by atoms with van der Waals surface area (Å²) < 4.78 is 38.1. The highest BCUT2D eigenvalue weighted by Crippen LogP contribution is 2.27. The molecule has 0 atom stereocenters. The van der Waals surface area contributed by atoms with Gasteiger partial charge in [0.2, 0.25) is 10.0 Å². The predicted molar refractivity (Wildman–Crippen MR) is 121 cm³/mol. The molecule has 0 unspecified atom stereocenters. The Kier molecular flexibility index (Phi) is 6.96. The Labute approximate surface area is 193 Å². The van der Waals surface area contributed by atoms with Gasteiger partial charge in [-0.2, -0.15) is 4.31 Å². The zero-order chi connectivity index (χ0) is 23.4. The van der Waals surface area contributed by atoms with Crippen LogP contribution in [0.2, 0.25) is 0 Å². The van der Waals surface area contributed by atoms with Gasteiger partial charge in [-0.3, -0.25) is 9.59 Å². The molecule has 0 saturated carbocycles. The summed E-state index contributed by atoms with van der Waals surface area (Å²) in [5.74, 6) is -0.0831. The normalized spacial score (nSPS) is 17.6. The van der Waals surface area contributed by atoms with Gasteiger partial charge in [0, 0.05) is 44.8 Å². The number of sulfonamides is 1. The van der Waals surface area contributed by atoms with Crippen LogP contribution in [0.1, 0.15) is 20.7 Å². The van der Waals surface area contributed by atoms with E-state index < -0.39 is 10.0 Å². The summed E-state index contributed by atoms with van der Waals surface area (Å²) >= 11 is 0. The first-order chi connectivity index (χ1) is 15.9. The van der Waals surface area contributed by atoms with Crippen molar-refractivity contribution in [3.8, 4) is 5.75 Å². The molecule has 0 radical (unpaired) electrons. The molecule has 2 saturated heterocycles. The summed E-state index contributed by atoms with van der Waals surface area (Å²) in [6.45, 7) is 2.72. The number of carbonyl (C=O) groups is 2. The van der Waals surface area contributed by atoms with Gasteiger partial charge >= 0.3 is 0 Å². The van der Waals surface area contributed by atoms with E-state index >= 15 is 0 Å². The van der Waals surface area contributed by atoms with Crippen molar-refractivity contribution in [1.82, 2.24) is 14.1 Å². The molecule has 2 amide bonds. The fourth-order valence-electron chi connectivity index (χ4n) is 4.00. The minimum absolute atomic E-state index is 0.0476. The van der Waals surface area contributed by atoms with Gasteiger partial charge in [-0.1, -0.05) is 18.2 Å². The molecular weight excluding hydrogens is 446 g/mol. The van der Waals surface area contributed by atoms with Crippen LogP contribution < -0.4 is 4.74 Å². The van der Waals surface area contributed by atoms with Crippen molar-refractivity contribution in [2.24, 2.45) is 0 Å². The van der Waals surface area contributed by atoms with E-state index in [1.807, 2.05) is 18.2 Å². The standard InChI is InChI=1S/C23H27N3O6S/c1-31-21-8-7-19(33(29,30)26-13-15-32-16-14-26)17-20(21)23(28)25-11-9-24(10-12-25)22(27)18-5-3-2-4-6-18/h2-8,17H,9-16H2,1H3. The molecule has 9 nitrogen and oxygen atoms in total. The van der Waals surface area contributed by atoms with Crippen molar-refractivity contribution in [3.63, 3.8) is 0 Å². The molecule has 2 fully saturated rings. The number of methoxy groups -OCH3 is 1. The average molecular weight is 474 g/mol. The number of rotatable bonds is 5. The van der Waals surface area contributed by atoms with Gasteiger partial charge in [-0.05, 0) is 30.3 Å². The van der Waals surface area contributed by atoms with Crippen LogP contribution in [-0.4, -0.2) is 93.9 Å². The number of hydrogen-bond acceptors (Lipinski definition) is 6. The van der Waals surface area contributed by atoms with E-state index in [1.54, 1.807) is 21.9 Å². The number of benzene rings is 2. The molecule has 0 N–H and O–H groups in total. The molecule has 2 aliphatic heterocycles. The number of piperazine rings is 1. The second-order valence-electron chi connectivity index (χ2n) is 7.83. The van der Waals surface area contributed by atoms with Crippen LogP contribution in [0.15, 0.2) is 53.4 Å². The van der Waals surface area contributed by atoms with Crippen LogP contribution in [0.5, 0.6) is 5.75 Å². The van der Waals surface area contributed by atoms with Gasteiger partial charge < -0.3 is 19.3 Å². The number of nitrogens with zero attached hydrogens (tertiary/aromatic N) is 3. The van der Waals surface area contributed by atoms with E-state index in [4.69, 9.17) is 9.47 Å². The fraction of sp³-hybridized carbons (Fsp3) is 0.391. The van der Waals surface area contributed by atoms with E-state index in [0.29, 0.717) is 50.7 Å². The molecule has 2 aliphatic rings. The number of amides is 2. The molecule has 33 heavy (non-hydrogen) atoms. The van der Waals surface area contributed by atoms with Crippen molar-refractivity contribution in [2.75, 3.05) is 59.6 Å². The molecule has 176 valence electrons. The first-order valence-electron chi connectivity index (χ1n) is 10.8. The molecule has 2 aromatic carbocycles. The maximum atomic E-state index is 13.3. The average Bonchev–Trinajstić information content (AvgIpc) is 2.88. The first kappa shape index (κ1) is 23.2. The second kappa shape index (κ2) is 9.90. The van der Waals surface area contributed by atoms with E-state index in [1.165, 1.54) is 29.6 Å². The third-order valence-electron chi connectivity index (χ3n) is 5.88. The van der Waals surface area contributed by atoms with Gasteiger partial charge in [0.1, 0.15) is 5.75 Å². The lowest BCUT2D eigenvalue weighted by molar-refractivity contribution is 0.0533. The smallest absolute Gasteiger partial charge is 0.257 e. The van der Waals surface area contributed by atoms with E-state index in [0.717, 1.165) is 0 Å². The summed E-state index contributed by atoms with van der Waals surface area (Å²) in [5, 5.41) is 0. The SMILES string of the molecule is COc1ccc(S(=O)(=O)N2CCOCC2)cc1C(=O)N1CCN(C(=O)c2ccccc2)CC1. The largest absolute Gasteiger partial charge is 0.496 e. The van der Waals surface area contributed by atoms with E-state index in [2.05, 4.69) is 0 Å². The number of morpholine rings is 1. The molecule has 2 heterocycles. The van der Waals surface area contributed by atoms with Crippen molar-refractivity contribution in [1.29, 1.82) is 0 Å². The molecule has 0 spiro atoms. The maximum Gasteiger partial charge on any atom is 0.257 e. The summed E-state index contributed by atoms with van der Waals surface area (Å²) in [5.41, 5.74) is 0.801. The van der Waals surface area contributed by atoms with E-state index in [-0.39, 0.29) is 35.4 Å². The van der Waals surface area contributed by atoms with E-state index in [9.17, 15) is 18.0 Å². The summed E-state index contributed by atoms with van der Waals surface area (Å²) in [7, 11) is -2.31. The zero-order valence-electron chi connectivity index (χ0n) is 18.5. The minimum atomic E-state index is -3.75. The molecule has 0 aromatic heterocycles. The van der Waals surface area contributed by atoms with Crippen molar-refractivity contribution in [3.05, 3.63) is 59.7 Å². The topological polar surface area (TPSA) is 96.5 Å². The van der Waals surface area contributed by atoms with Crippen LogP contribution in [0.3, 0.4) is 0 Å². The molecular formula is C23H27N3O6S. The highest BCUT2D eigenvalue weighted by molar-refractivity contribution is 7.89. The number of hydrogen-bond donors (Lipinski definition) is 0. The predicted octanol–water partition coefficient (Wildman–Crippen LogP) is 1.31. The van der Waals surface area contributed by atoms with Crippen LogP contribution in [0, 0.1) is 0 Å². The fourth-order valence-corrected chi connectivity index (χ4v) is 5.43. The monoisotopic (exact) mass is 473 g/mol. The van der Waals surface area contributed by atoms with Gasteiger partial charge in [0.15, 0.2) is 0 Å². The Hall–Kier alpha value is -2.95. The molecule has 0 aliphatic carbocycles. The van der Waals surface area contributed by atoms with Crippen LogP contribution in [-0.2, 0) is 14.8 Å². The number of carbonyl (C=O) groups excluding carboxylic acids is 2. The first-order valence-corrected chi connectivity index (χ1v) is 12.3. The molecule has 2 aromatic rings. The summed E-state index contributed by atoms with van der Waals surface area (Å²) in [6.07, 6.45) is 0. The van der Waals surface area contributed by atoms with Crippen molar-refractivity contribution in [2.45, 2.75) is 4.90 Å². The van der Waals surface area contributed by atoms with Crippen molar-refractivity contribution >= 4 is 21.8 Å². The molecule has 10 heteroatoms. The molecule has 0 bridgehead atoms. The lowest BCUT2D eigenvalue weighted by atomic mass is 10.1. The Morgan fingerprint density at radius 2 is 1.45 bits per heavy atom. The third kappa shape index (κ3) is 4.87. The van der Waals surface area contributed by atoms with Crippen LogP contribution in [0.25, 0.3) is 0 Å². The van der Waals surface area contributed by atoms with Gasteiger partial charge in [-0.25, -0.2) is 8.42 Å². The van der Waals surface area contributed by atoms with Gasteiger partial charge in [0.05, 0.1) is 30.8 Å². The lowest BCUT2D eigenvalue weighted by Crippen LogP contribution is -2.50. The van der Waals surface area contributed by atoms with Crippen molar-refractivity contribution < 1.29 is 27.5 Å². The Balaban J connectivity index is 1.50. The number of ether oxygens (including phenoxy) is 2. The Morgan fingerprint density at radius 1 is 0.848 bits per heavy atom. The maximum absolute atomic E-state index is 13.3. The Bertz CT molecular complexity index is 1110. The summed E-state index contributed by atoms with van der Waals surface area (Å²) in [4.78, 5) is 29.4. The highest BCUT2D eigenvalue weighted by atomic mass is 32.2. The Morgan fingerprint density at radius 3 is 2.06 bits per heavy atom. The highest BCUT2D eigenvalue weighted by Gasteiger charge is 2.30. The van der Waals surface area contributed by atoms with Gasteiger partial charge in [-0.15, -0.1) is 0 Å². The third-order valence-corrected chi connectivity index (χ3v) is 7.78. The van der Waals surface area contributed by atoms with Gasteiger partial charge in [0.25, 0.3) is 11.8 Å². The molecule has 4 rings (SSSR count). The minimum Gasteiger partial charge on any atom is -0.496 e. The lowest BCUT2D eigenvalue weighted by Gasteiger charge is -2.35.